The molecule has 0 spiro atoms. The maximum atomic E-state index is 4.24. The first-order valence-corrected chi connectivity index (χ1v) is 5.42. The molecule has 0 atom stereocenters. The quantitative estimate of drug-likeness (QED) is 0.455. The third kappa shape index (κ3) is 3.20. The summed E-state index contributed by atoms with van der Waals surface area (Å²) >= 11 is 5.01. The van der Waals surface area contributed by atoms with Gasteiger partial charge in [0.25, 0.3) is 0 Å². The fourth-order valence-corrected chi connectivity index (χ4v) is 1.71. The van der Waals surface area contributed by atoms with Crippen molar-refractivity contribution in [1.29, 1.82) is 0 Å². The van der Waals surface area contributed by atoms with Crippen LogP contribution in [0.2, 0.25) is 0 Å². The number of halogens is 1. The van der Waals surface area contributed by atoms with Crippen molar-refractivity contribution in [1.82, 2.24) is 9.97 Å². The maximum absolute atomic E-state index is 4.24. The van der Waals surface area contributed by atoms with Gasteiger partial charge in [0.2, 0.25) is 0 Å². The average molecular weight is 233 g/mol. The molecule has 0 N–H and O–H groups in total. The Balaban J connectivity index is 2.56. The lowest BCUT2D eigenvalue weighted by Gasteiger charge is -1.96. The first-order valence-electron chi connectivity index (χ1n) is 3.31. The zero-order valence-electron chi connectivity index (χ0n) is 6.25. The molecule has 60 valence electrons. The van der Waals surface area contributed by atoms with Gasteiger partial charge in [-0.05, 0) is 13.0 Å². The molecule has 0 aliphatic carbocycles. The van der Waals surface area contributed by atoms with Crippen molar-refractivity contribution in [3.05, 3.63) is 18.0 Å². The Morgan fingerprint density at radius 2 is 2.45 bits per heavy atom. The Kier molecular flexibility index (Phi) is 3.86. The topological polar surface area (TPSA) is 25.8 Å². The number of hydrogen-bond donors (Lipinski definition) is 0. The predicted molar refractivity (Wildman–Crippen MR) is 51.3 cm³/mol. The minimum atomic E-state index is 0.865. The summed E-state index contributed by atoms with van der Waals surface area (Å²) in [7, 11) is 0. The molecule has 1 aromatic heterocycles. The summed E-state index contributed by atoms with van der Waals surface area (Å²) in [6.07, 6.45) is 1.79. The van der Waals surface area contributed by atoms with E-state index in [-0.39, 0.29) is 0 Å². The largest absolute Gasteiger partial charge is 0.231 e. The summed E-state index contributed by atoms with van der Waals surface area (Å²) in [4.78, 5) is 8.35. The first-order chi connectivity index (χ1) is 5.33. The fraction of sp³-hybridized carbons (Fsp3) is 0.429. The predicted octanol–water partition coefficient (Wildman–Crippen LogP) is 2.27. The Morgan fingerprint density at radius 1 is 1.64 bits per heavy atom. The minimum absolute atomic E-state index is 0.865. The number of alkyl halides is 1. The lowest BCUT2D eigenvalue weighted by molar-refractivity contribution is 0.933. The molecule has 0 saturated carbocycles. The van der Waals surface area contributed by atoms with Crippen LogP contribution in [-0.2, 0) is 0 Å². The van der Waals surface area contributed by atoms with E-state index in [9.17, 15) is 0 Å². The molecule has 0 fully saturated rings. The average Bonchev–Trinajstić information content (AvgIpc) is 2.01. The molecule has 1 rings (SSSR count). The molecule has 1 heterocycles. The van der Waals surface area contributed by atoms with Gasteiger partial charge in [-0.2, -0.15) is 0 Å². The van der Waals surface area contributed by atoms with Crippen molar-refractivity contribution >= 4 is 27.7 Å². The van der Waals surface area contributed by atoms with Gasteiger partial charge in [0.15, 0.2) is 5.16 Å². The van der Waals surface area contributed by atoms with Crippen LogP contribution < -0.4 is 0 Å². The second-order valence-corrected chi connectivity index (χ2v) is 3.87. The van der Waals surface area contributed by atoms with E-state index in [1.807, 2.05) is 13.0 Å². The zero-order valence-corrected chi connectivity index (χ0v) is 8.65. The molecule has 0 aliphatic heterocycles. The Bertz CT molecular complexity index is 229. The van der Waals surface area contributed by atoms with Crippen molar-refractivity contribution in [2.24, 2.45) is 0 Å². The van der Waals surface area contributed by atoms with Crippen molar-refractivity contribution in [3.63, 3.8) is 0 Å². The standard InChI is InChI=1S/C7H9BrN2S/c1-6-2-4-9-7(10-6)11-5-3-8/h2,4H,3,5H2,1H3. The van der Waals surface area contributed by atoms with Crippen LogP contribution in [0.25, 0.3) is 0 Å². The number of nitrogens with zero attached hydrogens (tertiary/aromatic N) is 2. The Morgan fingerprint density at radius 3 is 3.09 bits per heavy atom. The molecule has 1 aromatic rings. The molecule has 4 heteroatoms. The normalized spacial score (nSPS) is 10.0. The Labute approximate surface area is 79.0 Å². The van der Waals surface area contributed by atoms with Gasteiger partial charge in [0.05, 0.1) is 0 Å². The van der Waals surface area contributed by atoms with Gasteiger partial charge < -0.3 is 0 Å². The van der Waals surface area contributed by atoms with Crippen LogP contribution in [0, 0.1) is 6.92 Å². The Hall–Kier alpha value is -0.0900. The maximum Gasteiger partial charge on any atom is 0.187 e. The van der Waals surface area contributed by atoms with Crippen LogP contribution in [0.15, 0.2) is 17.4 Å². The summed E-state index contributed by atoms with van der Waals surface area (Å²) in [5.41, 5.74) is 1.03. The monoisotopic (exact) mass is 232 g/mol. The zero-order chi connectivity index (χ0) is 8.10. The highest BCUT2D eigenvalue weighted by Gasteiger charge is 1.95. The first kappa shape index (κ1) is 9.00. The molecular formula is C7H9BrN2S. The lowest BCUT2D eigenvalue weighted by Crippen LogP contribution is -1.89. The van der Waals surface area contributed by atoms with Gasteiger partial charge in [-0.1, -0.05) is 27.7 Å². The molecule has 0 unspecified atom stereocenters. The van der Waals surface area contributed by atoms with E-state index in [4.69, 9.17) is 0 Å². The van der Waals surface area contributed by atoms with E-state index in [2.05, 4.69) is 25.9 Å². The molecule has 0 aromatic carbocycles. The van der Waals surface area contributed by atoms with Gasteiger partial charge in [-0.3, -0.25) is 0 Å². The van der Waals surface area contributed by atoms with Crippen molar-refractivity contribution in [2.75, 3.05) is 11.1 Å². The smallest absolute Gasteiger partial charge is 0.187 e. The number of thioether (sulfide) groups is 1. The van der Waals surface area contributed by atoms with E-state index in [0.29, 0.717) is 0 Å². The minimum Gasteiger partial charge on any atom is -0.231 e. The van der Waals surface area contributed by atoms with Crippen molar-refractivity contribution < 1.29 is 0 Å². The summed E-state index contributed by atoms with van der Waals surface area (Å²) in [6, 6.07) is 1.90. The van der Waals surface area contributed by atoms with Gasteiger partial charge in [-0.15, -0.1) is 0 Å². The molecular weight excluding hydrogens is 224 g/mol. The highest BCUT2D eigenvalue weighted by Crippen LogP contribution is 2.12. The lowest BCUT2D eigenvalue weighted by atomic mass is 10.5. The van der Waals surface area contributed by atoms with Gasteiger partial charge in [-0.25, -0.2) is 9.97 Å². The highest BCUT2D eigenvalue weighted by atomic mass is 79.9. The molecule has 0 saturated heterocycles. The molecule has 0 radical (unpaired) electrons. The van der Waals surface area contributed by atoms with E-state index >= 15 is 0 Å². The SMILES string of the molecule is Cc1ccnc(SCCBr)n1. The van der Waals surface area contributed by atoms with Gasteiger partial charge >= 0.3 is 0 Å². The third-order valence-electron chi connectivity index (χ3n) is 1.08. The summed E-state index contributed by atoms with van der Waals surface area (Å²) < 4.78 is 0. The van der Waals surface area contributed by atoms with E-state index in [0.717, 1.165) is 21.9 Å². The number of hydrogen-bond acceptors (Lipinski definition) is 3. The molecule has 11 heavy (non-hydrogen) atoms. The summed E-state index contributed by atoms with van der Waals surface area (Å²) in [5.74, 6) is 1.02. The van der Waals surface area contributed by atoms with E-state index in [1.165, 1.54) is 0 Å². The van der Waals surface area contributed by atoms with Gasteiger partial charge in [0.1, 0.15) is 0 Å². The summed E-state index contributed by atoms with van der Waals surface area (Å²) in [6.45, 7) is 1.97. The van der Waals surface area contributed by atoms with Gasteiger partial charge in [0, 0.05) is 23.0 Å². The van der Waals surface area contributed by atoms with Crippen LogP contribution in [0.5, 0.6) is 0 Å². The van der Waals surface area contributed by atoms with Crippen molar-refractivity contribution in [2.45, 2.75) is 12.1 Å². The third-order valence-corrected chi connectivity index (χ3v) is 2.87. The van der Waals surface area contributed by atoms with E-state index < -0.39 is 0 Å². The second kappa shape index (κ2) is 4.72. The fourth-order valence-electron chi connectivity index (χ4n) is 0.625. The second-order valence-electron chi connectivity index (χ2n) is 2.02. The van der Waals surface area contributed by atoms with Crippen molar-refractivity contribution in [3.8, 4) is 0 Å². The van der Waals surface area contributed by atoms with E-state index in [1.54, 1.807) is 18.0 Å². The molecule has 0 amide bonds. The van der Waals surface area contributed by atoms with Crippen LogP contribution in [0.1, 0.15) is 5.69 Å². The van der Waals surface area contributed by atoms with Crippen LogP contribution in [-0.4, -0.2) is 21.1 Å². The number of aromatic nitrogens is 2. The molecule has 0 bridgehead atoms. The highest BCUT2D eigenvalue weighted by molar-refractivity contribution is 9.09. The number of rotatable bonds is 3. The molecule has 0 aliphatic rings. The summed E-state index contributed by atoms with van der Waals surface area (Å²) in [5, 5.41) is 1.85. The molecule has 2 nitrogen and oxygen atoms in total. The van der Waals surface area contributed by atoms with Crippen LogP contribution in [0.4, 0.5) is 0 Å². The van der Waals surface area contributed by atoms with Crippen LogP contribution >= 0.6 is 27.7 Å². The number of aryl methyl sites for hydroxylation is 1. The van der Waals surface area contributed by atoms with Crippen LogP contribution in [0.3, 0.4) is 0 Å².